The van der Waals surface area contributed by atoms with Gasteiger partial charge in [0, 0.05) is 12.6 Å². The fourth-order valence-electron chi connectivity index (χ4n) is 1.90. The largest absolute Gasteiger partial charge is 0.351 e. The fraction of sp³-hybridized carbons (Fsp3) is 0.333. The number of carbonyl (C=O) groups excluding carboxylic acids is 2. The summed E-state index contributed by atoms with van der Waals surface area (Å²) in [5.41, 5.74) is 0. The van der Waals surface area contributed by atoms with Crippen LogP contribution in [0.3, 0.4) is 0 Å². The lowest BCUT2D eigenvalue weighted by Gasteiger charge is -2.16. The monoisotopic (exact) mass is 322 g/mol. The molecule has 0 saturated carbocycles. The summed E-state index contributed by atoms with van der Waals surface area (Å²) >= 11 is 2.85. The smallest absolute Gasteiger partial charge is 0.261 e. The van der Waals surface area contributed by atoms with Crippen molar-refractivity contribution in [1.29, 1.82) is 0 Å². The molecule has 21 heavy (non-hydrogen) atoms. The predicted octanol–water partition coefficient (Wildman–Crippen LogP) is 3.14. The van der Waals surface area contributed by atoms with E-state index in [1.165, 1.54) is 22.7 Å². The Bertz CT molecular complexity index is 565. The van der Waals surface area contributed by atoms with E-state index in [2.05, 4.69) is 10.6 Å². The first-order valence-electron chi connectivity index (χ1n) is 6.86. The molecule has 112 valence electrons. The molecule has 0 radical (unpaired) electrons. The zero-order valence-corrected chi connectivity index (χ0v) is 13.4. The third-order valence-electron chi connectivity index (χ3n) is 3.10. The second-order valence-electron chi connectivity index (χ2n) is 4.58. The standard InChI is InChI=1S/C15H18N2O2S2/c1-2-11(17-15(19)13-6-4-10-21-13)7-8-16-14(18)12-5-3-9-20-12/h3-6,9-11H,2,7-8H2,1H3,(H,16,18)(H,17,19)/t11-/m1/s1. The summed E-state index contributed by atoms with van der Waals surface area (Å²) in [4.78, 5) is 25.2. The highest BCUT2D eigenvalue weighted by Gasteiger charge is 2.13. The van der Waals surface area contributed by atoms with E-state index in [-0.39, 0.29) is 17.9 Å². The summed E-state index contributed by atoms with van der Waals surface area (Å²) in [7, 11) is 0. The van der Waals surface area contributed by atoms with Gasteiger partial charge in [0.05, 0.1) is 9.75 Å². The molecule has 0 bridgehead atoms. The molecule has 0 aliphatic rings. The van der Waals surface area contributed by atoms with E-state index in [0.29, 0.717) is 11.4 Å². The molecular weight excluding hydrogens is 304 g/mol. The average molecular weight is 322 g/mol. The molecule has 1 atom stereocenters. The maximum absolute atomic E-state index is 12.0. The molecule has 0 fully saturated rings. The molecule has 0 unspecified atom stereocenters. The average Bonchev–Trinajstić information content (AvgIpc) is 3.18. The first-order valence-corrected chi connectivity index (χ1v) is 8.62. The second-order valence-corrected chi connectivity index (χ2v) is 6.47. The second kappa shape index (κ2) is 7.95. The van der Waals surface area contributed by atoms with Gasteiger partial charge in [0.25, 0.3) is 11.8 Å². The van der Waals surface area contributed by atoms with Gasteiger partial charge in [-0.25, -0.2) is 0 Å². The number of carbonyl (C=O) groups is 2. The van der Waals surface area contributed by atoms with Crippen molar-refractivity contribution in [2.45, 2.75) is 25.8 Å². The highest BCUT2D eigenvalue weighted by atomic mass is 32.1. The van der Waals surface area contributed by atoms with Gasteiger partial charge in [-0.1, -0.05) is 19.1 Å². The minimum absolute atomic E-state index is 0.0403. The Morgan fingerprint density at radius 1 is 1.10 bits per heavy atom. The zero-order valence-electron chi connectivity index (χ0n) is 11.8. The van der Waals surface area contributed by atoms with Crippen LogP contribution in [-0.4, -0.2) is 24.4 Å². The van der Waals surface area contributed by atoms with Crippen LogP contribution in [0.1, 0.15) is 39.1 Å². The molecular formula is C15H18N2O2S2. The van der Waals surface area contributed by atoms with Crippen molar-refractivity contribution < 1.29 is 9.59 Å². The predicted molar refractivity (Wildman–Crippen MR) is 87.1 cm³/mol. The van der Waals surface area contributed by atoms with Crippen molar-refractivity contribution in [2.75, 3.05) is 6.54 Å². The zero-order chi connectivity index (χ0) is 15.1. The molecule has 0 spiro atoms. The van der Waals surface area contributed by atoms with Crippen LogP contribution in [-0.2, 0) is 0 Å². The van der Waals surface area contributed by atoms with Crippen LogP contribution in [0, 0.1) is 0 Å². The van der Waals surface area contributed by atoms with Crippen molar-refractivity contribution in [2.24, 2.45) is 0 Å². The van der Waals surface area contributed by atoms with Gasteiger partial charge in [0.2, 0.25) is 0 Å². The minimum atomic E-state index is -0.0514. The summed E-state index contributed by atoms with van der Waals surface area (Å²) < 4.78 is 0. The third kappa shape index (κ3) is 4.68. The van der Waals surface area contributed by atoms with Gasteiger partial charge < -0.3 is 10.6 Å². The van der Waals surface area contributed by atoms with E-state index in [4.69, 9.17) is 0 Å². The molecule has 4 nitrogen and oxygen atoms in total. The summed E-state index contributed by atoms with van der Waals surface area (Å²) in [6, 6.07) is 7.40. The summed E-state index contributed by atoms with van der Waals surface area (Å²) in [5.74, 6) is -0.0918. The maximum atomic E-state index is 12.0. The van der Waals surface area contributed by atoms with Gasteiger partial charge >= 0.3 is 0 Å². The molecule has 2 aromatic rings. The van der Waals surface area contributed by atoms with Gasteiger partial charge in [0.1, 0.15) is 0 Å². The summed E-state index contributed by atoms with van der Waals surface area (Å²) in [5, 5.41) is 9.65. The van der Waals surface area contributed by atoms with Gasteiger partial charge in [-0.3, -0.25) is 9.59 Å². The van der Waals surface area contributed by atoms with Crippen LogP contribution in [0.5, 0.6) is 0 Å². The Balaban J connectivity index is 1.75. The lowest BCUT2D eigenvalue weighted by molar-refractivity contribution is 0.0936. The molecule has 0 saturated heterocycles. The van der Waals surface area contributed by atoms with Crippen molar-refractivity contribution in [1.82, 2.24) is 10.6 Å². The van der Waals surface area contributed by atoms with E-state index in [1.54, 1.807) is 6.07 Å². The highest BCUT2D eigenvalue weighted by molar-refractivity contribution is 7.12. The summed E-state index contributed by atoms with van der Waals surface area (Å²) in [6.45, 7) is 2.58. The lowest BCUT2D eigenvalue weighted by atomic mass is 10.1. The number of rotatable bonds is 7. The molecule has 2 rings (SSSR count). The Kier molecular flexibility index (Phi) is 5.95. The normalized spacial score (nSPS) is 11.9. The van der Waals surface area contributed by atoms with Crippen molar-refractivity contribution in [3.05, 3.63) is 44.8 Å². The van der Waals surface area contributed by atoms with Gasteiger partial charge in [-0.15, -0.1) is 22.7 Å². The maximum Gasteiger partial charge on any atom is 0.261 e. The number of thiophene rings is 2. The van der Waals surface area contributed by atoms with Crippen LogP contribution >= 0.6 is 22.7 Å². The Morgan fingerprint density at radius 2 is 1.71 bits per heavy atom. The van der Waals surface area contributed by atoms with Crippen LogP contribution in [0.4, 0.5) is 0 Å². The van der Waals surface area contributed by atoms with E-state index < -0.39 is 0 Å². The number of hydrogen-bond donors (Lipinski definition) is 2. The topological polar surface area (TPSA) is 58.2 Å². The highest BCUT2D eigenvalue weighted by Crippen LogP contribution is 2.10. The molecule has 2 amide bonds. The number of nitrogens with one attached hydrogen (secondary N) is 2. The summed E-state index contributed by atoms with van der Waals surface area (Å²) in [6.07, 6.45) is 1.57. The van der Waals surface area contributed by atoms with Gasteiger partial charge in [-0.05, 0) is 35.7 Å². The van der Waals surface area contributed by atoms with Crippen LogP contribution in [0.15, 0.2) is 35.0 Å². The Hall–Kier alpha value is -1.66. The molecule has 0 aromatic carbocycles. The van der Waals surface area contributed by atoms with Crippen molar-refractivity contribution >= 4 is 34.5 Å². The number of amides is 2. The quantitative estimate of drug-likeness (QED) is 0.823. The number of hydrogen-bond acceptors (Lipinski definition) is 4. The van der Waals surface area contributed by atoms with Crippen molar-refractivity contribution in [3.8, 4) is 0 Å². The molecule has 2 aromatic heterocycles. The minimum Gasteiger partial charge on any atom is -0.351 e. The van der Waals surface area contributed by atoms with E-state index >= 15 is 0 Å². The Labute approximate surface area is 132 Å². The van der Waals surface area contributed by atoms with E-state index in [1.807, 2.05) is 35.9 Å². The van der Waals surface area contributed by atoms with Crippen molar-refractivity contribution in [3.63, 3.8) is 0 Å². The van der Waals surface area contributed by atoms with Gasteiger partial charge in [-0.2, -0.15) is 0 Å². The van der Waals surface area contributed by atoms with E-state index in [9.17, 15) is 9.59 Å². The van der Waals surface area contributed by atoms with Crippen LogP contribution < -0.4 is 10.6 Å². The van der Waals surface area contributed by atoms with Crippen LogP contribution in [0.2, 0.25) is 0 Å². The molecule has 2 heterocycles. The van der Waals surface area contributed by atoms with Crippen LogP contribution in [0.25, 0.3) is 0 Å². The lowest BCUT2D eigenvalue weighted by Crippen LogP contribution is -2.37. The fourth-order valence-corrected chi connectivity index (χ4v) is 3.16. The third-order valence-corrected chi connectivity index (χ3v) is 4.83. The molecule has 0 aliphatic carbocycles. The molecule has 6 heteroatoms. The van der Waals surface area contributed by atoms with Gasteiger partial charge in [0.15, 0.2) is 0 Å². The first kappa shape index (κ1) is 15.7. The SMILES string of the molecule is CC[C@H](CCNC(=O)c1cccs1)NC(=O)c1cccs1. The molecule has 0 aliphatic heterocycles. The van der Waals surface area contributed by atoms with E-state index in [0.717, 1.165) is 17.7 Å². The first-order chi connectivity index (χ1) is 10.2. The Morgan fingerprint density at radius 3 is 2.24 bits per heavy atom. The molecule has 2 N–H and O–H groups in total.